The zero-order chi connectivity index (χ0) is 14.5. The molecule has 2 N–H and O–H groups in total. The Morgan fingerprint density at radius 2 is 1.74 bits per heavy atom. The summed E-state index contributed by atoms with van der Waals surface area (Å²) >= 11 is 0. The molecular formula is C16H27NO2. The second-order valence-electron chi connectivity index (χ2n) is 6.25. The van der Waals surface area contributed by atoms with Crippen molar-refractivity contribution in [3.8, 4) is 11.5 Å². The Bertz CT molecular complexity index is 396. The molecule has 0 heterocycles. The van der Waals surface area contributed by atoms with Gasteiger partial charge < -0.3 is 15.2 Å². The highest BCUT2D eigenvalue weighted by Crippen LogP contribution is 2.28. The highest BCUT2D eigenvalue weighted by atomic mass is 16.5. The number of ether oxygens (including phenoxy) is 2. The zero-order valence-electron chi connectivity index (χ0n) is 12.8. The normalized spacial score (nSPS) is 13.2. The van der Waals surface area contributed by atoms with Crippen LogP contribution in [-0.2, 0) is 6.42 Å². The van der Waals surface area contributed by atoms with Crippen LogP contribution >= 0.6 is 0 Å². The largest absolute Gasteiger partial charge is 0.493 e. The first-order valence-corrected chi connectivity index (χ1v) is 6.82. The van der Waals surface area contributed by atoms with Gasteiger partial charge in [-0.2, -0.15) is 0 Å². The fraction of sp³-hybridized carbons (Fsp3) is 0.625. The van der Waals surface area contributed by atoms with Crippen molar-refractivity contribution < 1.29 is 9.47 Å². The summed E-state index contributed by atoms with van der Waals surface area (Å²) in [6.45, 7) is 6.74. The molecule has 0 aliphatic carbocycles. The summed E-state index contributed by atoms with van der Waals surface area (Å²) in [5.41, 5.74) is 7.74. The molecule has 0 aliphatic rings. The van der Waals surface area contributed by atoms with E-state index >= 15 is 0 Å². The molecule has 0 aliphatic heterocycles. The van der Waals surface area contributed by atoms with E-state index in [2.05, 4.69) is 26.8 Å². The van der Waals surface area contributed by atoms with Gasteiger partial charge in [0.15, 0.2) is 11.5 Å². The maximum absolute atomic E-state index is 6.20. The van der Waals surface area contributed by atoms with Crippen LogP contribution in [0.2, 0.25) is 0 Å². The van der Waals surface area contributed by atoms with E-state index < -0.39 is 0 Å². The predicted octanol–water partition coefficient (Wildman–Crippen LogP) is 3.40. The molecule has 3 nitrogen and oxygen atoms in total. The number of methoxy groups -OCH3 is 2. The van der Waals surface area contributed by atoms with Crippen molar-refractivity contribution in [1.82, 2.24) is 0 Å². The highest BCUT2D eigenvalue weighted by molar-refractivity contribution is 5.43. The molecule has 3 heteroatoms. The van der Waals surface area contributed by atoms with E-state index in [1.807, 2.05) is 12.1 Å². The first kappa shape index (κ1) is 15.8. The number of hydrogen-bond donors (Lipinski definition) is 1. The first-order valence-electron chi connectivity index (χ1n) is 6.82. The summed E-state index contributed by atoms with van der Waals surface area (Å²) in [5.74, 6) is 1.53. The van der Waals surface area contributed by atoms with Crippen LogP contribution in [0, 0.1) is 5.41 Å². The van der Waals surface area contributed by atoms with Crippen molar-refractivity contribution in [3.05, 3.63) is 23.8 Å². The van der Waals surface area contributed by atoms with Crippen molar-refractivity contribution >= 4 is 0 Å². The molecule has 0 aromatic heterocycles. The summed E-state index contributed by atoms with van der Waals surface area (Å²) < 4.78 is 10.5. The van der Waals surface area contributed by atoms with Crippen molar-refractivity contribution in [3.63, 3.8) is 0 Å². The topological polar surface area (TPSA) is 44.5 Å². The Morgan fingerprint density at radius 1 is 1.11 bits per heavy atom. The van der Waals surface area contributed by atoms with E-state index in [1.54, 1.807) is 14.2 Å². The molecule has 108 valence electrons. The summed E-state index contributed by atoms with van der Waals surface area (Å²) in [5, 5.41) is 0. The minimum Gasteiger partial charge on any atom is -0.493 e. The Kier molecular flexibility index (Phi) is 5.67. The van der Waals surface area contributed by atoms with Gasteiger partial charge in [0, 0.05) is 6.04 Å². The van der Waals surface area contributed by atoms with E-state index in [-0.39, 0.29) is 6.04 Å². The molecule has 0 saturated carbocycles. The third-order valence-electron chi connectivity index (χ3n) is 3.21. The maximum Gasteiger partial charge on any atom is 0.160 e. The predicted molar refractivity (Wildman–Crippen MR) is 79.9 cm³/mol. The molecule has 0 radical (unpaired) electrons. The van der Waals surface area contributed by atoms with Gasteiger partial charge in [0.1, 0.15) is 0 Å². The van der Waals surface area contributed by atoms with Crippen LogP contribution in [0.3, 0.4) is 0 Å². The van der Waals surface area contributed by atoms with Crippen LogP contribution in [0.25, 0.3) is 0 Å². The number of nitrogens with two attached hydrogens (primary N) is 1. The summed E-state index contributed by atoms with van der Waals surface area (Å²) in [6, 6.07) is 6.19. The lowest BCUT2D eigenvalue weighted by Crippen LogP contribution is -2.24. The summed E-state index contributed by atoms with van der Waals surface area (Å²) in [6.07, 6.45) is 3.05. The van der Waals surface area contributed by atoms with Crippen LogP contribution in [0.4, 0.5) is 0 Å². The van der Waals surface area contributed by atoms with Gasteiger partial charge in [-0.3, -0.25) is 0 Å². The molecule has 0 spiro atoms. The first-order chi connectivity index (χ1) is 8.85. The smallest absolute Gasteiger partial charge is 0.160 e. The minimum atomic E-state index is 0.192. The van der Waals surface area contributed by atoms with Crippen molar-refractivity contribution in [2.45, 2.75) is 46.1 Å². The number of benzene rings is 1. The van der Waals surface area contributed by atoms with Crippen LogP contribution < -0.4 is 15.2 Å². The average molecular weight is 265 g/mol. The molecule has 1 unspecified atom stereocenters. The molecule has 19 heavy (non-hydrogen) atoms. The fourth-order valence-corrected chi connectivity index (χ4v) is 2.03. The van der Waals surface area contributed by atoms with Gasteiger partial charge >= 0.3 is 0 Å². The van der Waals surface area contributed by atoms with Gasteiger partial charge in [-0.25, -0.2) is 0 Å². The van der Waals surface area contributed by atoms with E-state index in [0.29, 0.717) is 5.41 Å². The molecule has 1 aromatic rings. The molecule has 0 amide bonds. The fourth-order valence-electron chi connectivity index (χ4n) is 2.03. The second-order valence-corrected chi connectivity index (χ2v) is 6.25. The van der Waals surface area contributed by atoms with E-state index in [1.165, 1.54) is 5.56 Å². The van der Waals surface area contributed by atoms with Crippen molar-refractivity contribution in [1.29, 1.82) is 0 Å². The molecular weight excluding hydrogens is 238 g/mol. The third-order valence-corrected chi connectivity index (χ3v) is 3.21. The molecule has 1 rings (SSSR count). The van der Waals surface area contributed by atoms with Gasteiger partial charge in [0.2, 0.25) is 0 Å². The Hall–Kier alpha value is -1.22. The lowest BCUT2D eigenvalue weighted by Gasteiger charge is -2.21. The van der Waals surface area contributed by atoms with Crippen molar-refractivity contribution in [2.24, 2.45) is 11.1 Å². The van der Waals surface area contributed by atoms with Gasteiger partial charge in [-0.05, 0) is 42.4 Å². The van der Waals surface area contributed by atoms with Gasteiger partial charge in [-0.1, -0.05) is 26.8 Å². The Labute approximate surface area is 117 Å². The summed E-state index contributed by atoms with van der Waals surface area (Å²) in [4.78, 5) is 0. The second kappa shape index (κ2) is 6.80. The third kappa shape index (κ3) is 5.52. The summed E-state index contributed by atoms with van der Waals surface area (Å²) in [7, 11) is 3.30. The monoisotopic (exact) mass is 265 g/mol. The minimum absolute atomic E-state index is 0.192. The molecule has 0 saturated heterocycles. The molecule has 1 aromatic carbocycles. The van der Waals surface area contributed by atoms with E-state index in [9.17, 15) is 0 Å². The standard InChI is InChI=1S/C16H27NO2/c1-16(2,3)9-8-13(17)10-12-6-7-14(18-4)15(11-12)19-5/h6-7,11,13H,8-10,17H2,1-5H3. The lowest BCUT2D eigenvalue weighted by molar-refractivity contribution is 0.346. The van der Waals surface area contributed by atoms with Crippen LogP contribution in [0.5, 0.6) is 11.5 Å². The van der Waals surface area contributed by atoms with Crippen LogP contribution in [0.1, 0.15) is 39.2 Å². The molecule has 1 atom stereocenters. The highest BCUT2D eigenvalue weighted by Gasteiger charge is 2.14. The maximum atomic E-state index is 6.20. The zero-order valence-corrected chi connectivity index (χ0v) is 12.8. The lowest BCUT2D eigenvalue weighted by atomic mass is 9.87. The van der Waals surface area contributed by atoms with Crippen LogP contribution in [0.15, 0.2) is 18.2 Å². The Balaban J connectivity index is 2.61. The number of hydrogen-bond acceptors (Lipinski definition) is 3. The van der Waals surface area contributed by atoms with Gasteiger partial charge in [0.25, 0.3) is 0 Å². The Morgan fingerprint density at radius 3 is 2.26 bits per heavy atom. The van der Waals surface area contributed by atoms with Gasteiger partial charge in [-0.15, -0.1) is 0 Å². The van der Waals surface area contributed by atoms with Crippen LogP contribution in [-0.4, -0.2) is 20.3 Å². The SMILES string of the molecule is COc1ccc(CC(N)CCC(C)(C)C)cc1OC. The number of rotatable bonds is 6. The average Bonchev–Trinajstić information content (AvgIpc) is 2.35. The van der Waals surface area contributed by atoms with E-state index in [4.69, 9.17) is 15.2 Å². The molecule has 0 bridgehead atoms. The van der Waals surface area contributed by atoms with E-state index in [0.717, 1.165) is 30.8 Å². The van der Waals surface area contributed by atoms with Gasteiger partial charge in [0.05, 0.1) is 14.2 Å². The van der Waals surface area contributed by atoms with Crippen molar-refractivity contribution in [2.75, 3.05) is 14.2 Å². The molecule has 0 fully saturated rings. The quantitative estimate of drug-likeness (QED) is 0.857.